The van der Waals surface area contributed by atoms with Crippen molar-refractivity contribution in [1.29, 1.82) is 0 Å². The van der Waals surface area contributed by atoms with Crippen molar-refractivity contribution in [3.05, 3.63) is 35.9 Å². The fraction of sp³-hybridized carbons (Fsp3) is 0.385. The van der Waals surface area contributed by atoms with Gasteiger partial charge in [-0.25, -0.2) is 10.3 Å². The Hall–Kier alpha value is -1.96. The van der Waals surface area contributed by atoms with Crippen molar-refractivity contribution in [3.8, 4) is 0 Å². The van der Waals surface area contributed by atoms with Gasteiger partial charge in [-0.3, -0.25) is 9.63 Å². The second-order valence-electron chi connectivity index (χ2n) is 3.86. The van der Waals surface area contributed by atoms with E-state index in [9.17, 15) is 14.7 Å². The SMILES string of the molecule is COC(=O)C(OC)C(O)C(=O)NOCc1ccccc1. The summed E-state index contributed by atoms with van der Waals surface area (Å²) in [5, 5.41) is 9.66. The Morgan fingerprint density at radius 2 is 1.90 bits per heavy atom. The number of nitrogens with one attached hydrogen (secondary N) is 1. The van der Waals surface area contributed by atoms with E-state index in [0.717, 1.165) is 12.7 Å². The predicted molar refractivity (Wildman–Crippen MR) is 68.2 cm³/mol. The molecule has 1 rings (SSSR count). The van der Waals surface area contributed by atoms with Crippen molar-refractivity contribution in [3.63, 3.8) is 0 Å². The third kappa shape index (κ3) is 4.61. The number of rotatable bonds is 7. The number of hydrogen-bond acceptors (Lipinski definition) is 6. The van der Waals surface area contributed by atoms with E-state index in [0.29, 0.717) is 0 Å². The minimum absolute atomic E-state index is 0.134. The number of methoxy groups -OCH3 is 2. The van der Waals surface area contributed by atoms with Crippen LogP contribution in [-0.2, 0) is 30.5 Å². The quantitative estimate of drug-likeness (QED) is 0.531. The first kappa shape index (κ1) is 16.1. The molecule has 0 aliphatic heterocycles. The molecule has 1 amide bonds. The van der Waals surface area contributed by atoms with Crippen molar-refractivity contribution in [1.82, 2.24) is 5.48 Å². The summed E-state index contributed by atoms with van der Waals surface area (Å²) in [6, 6.07) is 9.14. The van der Waals surface area contributed by atoms with Crippen LogP contribution < -0.4 is 5.48 Å². The van der Waals surface area contributed by atoms with E-state index in [4.69, 9.17) is 9.57 Å². The minimum atomic E-state index is -1.72. The standard InChI is InChI=1S/C13H17NO6/c1-18-11(13(17)19-2)10(15)12(16)14-20-8-9-6-4-3-5-7-9/h3-7,10-11,15H,8H2,1-2H3,(H,14,16). The Bertz CT molecular complexity index is 436. The molecule has 7 nitrogen and oxygen atoms in total. The van der Waals surface area contributed by atoms with E-state index in [2.05, 4.69) is 4.74 Å². The van der Waals surface area contributed by atoms with E-state index >= 15 is 0 Å². The summed E-state index contributed by atoms with van der Waals surface area (Å²) in [6.07, 6.45) is -3.12. The lowest BCUT2D eigenvalue weighted by molar-refractivity contribution is -0.168. The number of hydrogen-bond donors (Lipinski definition) is 2. The van der Waals surface area contributed by atoms with E-state index in [1.54, 1.807) is 0 Å². The summed E-state index contributed by atoms with van der Waals surface area (Å²) in [6.45, 7) is 0.134. The average molecular weight is 283 g/mol. The van der Waals surface area contributed by atoms with Crippen LogP contribution in [0.25, 0.3) is 0 Å². The molecule has 110 valence electrons. The zero-order chi connectivity index (χ0) is 15.0. The molecule has 1 aromatic carbocycles. The van der Waals surface area contributed by atoms with Gasteiger partial charge in [-0.1, -0.05) is 30.3 Å². The molecular formula is C13H17NO6. The van der Waals surface area contributed by atoms with E-state index in [-0.39, 0.29) is 6.61 Å². The second-order valence-corrected chi connectivity index (χ2v) is 3.86. The van der Waals surface area contributed by atoms with Crippen LogP contribution in [0.4, 0.5) is 0 Å². The molecule has 2 N–H and O–H groups in total. The highest BCUT2D eigenvalue weighted by atomic mass is 16.7. The van der Waals surface area contributed by atoms with Gasteiger partial charge in [-0.05, 0) is 5.56 Å². The Morgan fingerprint density at radius 1 is 1.25 bits per heavy atom. The lowest BCUT2D eigenvalue weighted by Gasteiger charge is -2.18. The van der Waals surface area contributed by atoms with Crippen LogP contribution in [0.15, 0.2) is 30.3 Å². The molecule has 0 spiro atoms. The van der Waals surface area contributed by atoms with Gasteiger partial charge in [0.2, 0.25) is 0 Å². The van der Waals surface area contributed by atoms with Crippen molar-refractivity contribution in [2.75, 3.05) is 14.2 Å². The second kappa shape index (κ2) is 8.26. The summed E-state index contributed by atoms with van der Waals surface area (Å²) in [5.74, 6) is -1.74. The van der Waals surface area contributed by atoms with Crippen LogP contribution in [0.3, 0.4) is 0 Å². The molecule has 0 aromatic heterocycles. The Kier molecular flexibility index (Phi) is 6.65. The summed E-state index contributed by atoms with van der Waals surface area (Å²) in [4.78, 5) is 27.8. The highest BCUT2D eigenvalue weighted by Crippen LogP contribution is 2.03. The molecule has 0 bridgehead atoms. The van der Waals surface area contributed by atoms with Crippen molar-refractivity contribution in [2.45, 2.75) is 18.8 Å². The highest BCUT2D eigenvalue weighted by Gasteiger charge is 2.33. The number of aliphatic hydroxyl groups is 1. The van der Waals surface area contributed by atoms with Crippen molar-refractivity contribution >= 4 is 11.9 Å². The lowest BCUT2D eigenvalue weighted by Crippen LogP contribution is -2.47. The monoisotopic (exact) mass is 283 g/mol. The van der Waals surface area contributed by atoms with Gasteiger partial charge in [0.05, 0.1) is 13.7 Å². The predicted octanol–water partition coefficient (Wildman–Crippen LogP) is -0.217. The van der Waals surface area contributed by atoms with Gasteiger partial charge in [0, 0.05) is 7.11 Å². The van der Waals surface area contributed by atoms with Gasteiger partial charge in [0.25, 0.3) is 5.91 Å². The van der Waals surface area contributed by atoms with Gasteiger partial charge in [0.1, 0.15) is 0 Å². The van der Waals surface area contributed by atoms with Gasteiger partial charge < -0.3 is 14.6 Å². The molecule has 0 radical (unpaired) electrons. The number of benzene rings is 1. The van der Waals surface area contributed by atoms with Crippen LogP contribution in [-0.4, -0.2) is 43.4 Å². The average Bonchev–Trinajstić information content (AvgIpc) is 2.48. The molecule has 20 heavy (non-hydrogen) atoms. The summed E-state index contributed by atoms with van der Waals surface area (Å²) >= 11 is 0. The van der Waals surface area contributed by atoms with E-state index in [1.807, 2.05) is 35.8 Å². The van der Waals surface area contributed by atoms with Crippen LogP contribution in [0.1, 0.15) is 5.56 Å². The number of hydroxylamine groups is 1. The minimum Gasteiger partial charge on any atom is -0.467 e. The van der Waals surface area contributed by atoms with Gasteiger partial charge in [0.15, 0.2) is 12.2 Å². The number of carbonyl (C=O) groups is 2. The molecule has 0 fully saturated rings. The summed E-state index contributed by atoms with van der Waals surface area (Å²) in [7, 11) is 2.31. The zero-order valence-electron chi connectivity index (χ0n) is 11.2. The summed E-state index contributed by atoms with van der Waals surface area (Å²) < 4.78 is 9.11. The van der Waals surface area contributed by atoms with Gasteiger partial charge >= 0.3 is 5.97 Å². The zero-order valence-corrected chi connectivity index (χ0v) is 11.2. The van der Waals surface area contributed by atoms with Gasteiger partial charge in [-0.2, -0.15) is 0 Å². The Balaban J connectivity index is 2.43. The molecule has 2 unspecified atom stereocenters. The normalized spacial score (nSPS) is 13.3. The molecule has 0 saturated carbocycles. The maximum Gasteiger partial charge on any atom is 0.338 e. The van der Waals surface area contributed by atoms with Crippen molar-refractivity contribution in [2.24, 2.45) is 0 Å². The molecular weight excluding hydrogens is 266 g/mol. The third-order valence-corrected chi connectivity index (χ3v) is 2.50. The maximum absolute atomic E-state index is 11.6. The number of aliphatic hydroxyl groups excluding tert-OH is 1. The number of esters is 1. The molecule has 0 saturated heterocycles. The fourth-order valence-corrected chi connectivity index (χ4v) is 1.43. The highest BCUT2D eigenvalue weighted by molar-refractivity contribution is 5.87. The first-order chi connectivity index (χ1) is 9.60. The van der Waals surface area contributed by atoms with Crippen LogP contribution in [0, 0.1) is 0 Å². The largest absolute Gasteiger partial charge is 0.467 e. The smallest absolute Gasteiger partial charge is 0.338 e. The molecule has 2 atom stereocenters. The molecule has 0 aliphatic carbocycles. The van der Waals surface area contributed by atoms with E-state index < -0.39 is 24.1 Å². The lowest BCUT2D eigenvalue weighted by atomic mass is 10.2. The van der Waals surface area contributed by atoms with Crippen molar-refractivity contribution < 1.29 is 29.0 Å². The topological polar surface area (TPSA) is 94.1 Å². The summed E-state index contributed by atoms with van der Waals surface area (Å²) in [5.41, 5.74) is 2.89. The third-order valence-electron chi connectivity index (χ3n) is 2.50. The number of amides is 1. The Labute approximate surface area is 116 Å². The molecule has 0 aliphatic rings. The Morgan fingerprint density at radius 3 is 2.45 bits per heavy atom. The fourth-order valence-electron chi connectivity index (χ4n) is 1.43. The maximum atomic E-state index is 11.6. The number of ether oxygens (including phenoxy) is 2. The van der Waals surface area contributed by atoms with Crippen LogP contribution in [0.2, 0.25) is 0 Å². The number of carbonyl (C=O) groups excluding carboxylic acids is 2. The van der Waals surface area contributed by atoms with Crippen LogP contribution in [0.5, 0.6) is 0 Å². The molecule has 1 aromatic rings. The van der Waals surface area contributed by atoms with Gasteiger partial charge in [-0.15, -0.1) is 0 Å². The molecule has 7 heteroatoms. The van der Waals surface area contributed by atoms with Crippen LogP contribution >= 0.6 is 0 Å². The van der Waals surface area contributed by atoms with E-state index in [1.165, 1.54) is 7.11 Å². The first-order valence-corrected chi connectivity index (χ1v) is 5.84. The first-order valence-electron chi connectivity index (χ1n) is 5.84. The molecule has 0 heterocycles.